The highest BCUT2D eigenvalue weighted by Gasteiger charge is 2.29. The van der Waals surface area contributed by atoms with Crippen molar-refractivity contribution in [3.63, 3.8) is 0 Å². The van der Waals surface area contributed by atoms with Crippen LogP contribution < -0.4 is 0 Å². The first-order valence-electron chi connectivity index (χ1n) is 9.54. The SMILES string of the molecule is O=C1CCCCN1C1CCN(CC(O)COCc2ccccc2)CC1. The summed E-state index contributed by atoms with van der Waals surface area (Å²) in [6, 6.07) is 10.4. The molecule has 0 aromatic heterocycles. The molecule has 0 spiro atoms. The number of piperidine rings is 2. The van der Waals surface area contributed by atoms with Crippen LogP contribution in [0.2, 0.25) is 0 Å². The molecule has 0 radical (unpaired) electrons. The topological polar surface area (TPSA) is 53.0 Å². The van der Waals surface area contributed by atoms with Gasteiger partial charge in [-0.2, -0.15) is 0 Å². The Balaban J connectivity index is 1.33. The summed E-state index contributed by atoms with van der Waals surface area (Å²) in [4.78, 5) is 16.4. The van der Waals surface area contributed by atoms with Crippen molar-refractivity contribution >= 4 is 5.91 Å². The Morgan fingerprint density at radius 1 is 1.12 bits per heavy atom. The number of amides is 1. The highest BCUT2D eigenvalue weighted by atomic mass is 16.5. The van der Waals surface area contributed by atoms with Crippen LogP contribution in [0.4, 0.5) is 0 Å². The third-order valence-electron chi connectivity index (χ3n) is 5.25. The van der Waals surface area contributed by atoms with Crippen molar-refractivity contribution in [1.82, 2.24) is 9.80 Å². The molecule has 1 atom stereocenters. The van der Waals surface area contributed by atoms with Gasteiger partial charge >= 0.3 is 0 Å². The molecule has 1 amide bonds. The second-order valence-corrected chi connectivity index (χ2v) is 7.23. The number of hydrogen-bond donors (Lipinski definition) is 1. The second-order valence-electron chi connectivity index (χ2n) is 7.23. The monoisotopic (exact) mass is 346 g/mol. The Hall–Kier alpha value is -1.43. The van der Waals surface area contributed by atoms with Crippen LogP contribution in [0, 0.1) is 0 Å². The van der Waals surface area contributed by atoms with E-state index in [0.717, 1.165) is 57.3 Å². The first-order valence-corrected chi connectivity index (χ1v) is 9.54. The third-order valence-corrected chi connectivity index (χ3v) is 5.25. The second kappa shape index (κ2) is 9.32. The van der Waals surface area contributed by atoms with Gasteiger partial charge in [-0.15, -0.1) is 0 Å². The zero-order valence-corrected chi connectivity index (χ0v) is 15.0. The van der Waals surface area contributed by atoms with Crippen LogP contribution >= 0.6 is 0 Å². The highest BCUT2D eigenvalue weighted by Crippen LogP contribution is 2.21. The minimum absolute atomic E-state index is 0.332. The Morgan fingerprint density at radius 2 is 1.88 bits per heavy atom. The number of nitrogens with zero attached hydrogens (tertiary/aromatic N) is 2. The Bertz CT molecular complexity index is 529. The molecule has 2 aliphatic rings. The van der Waals surface area contributed by atoms with Crippen molar-refractivity contribution in [3.8, 4) is 0 Å². The predicted octanol–water partition coefficient (Wildman–Crippen LogP) is 2.04. The van der Waals surface area contributed by atoms with Crippen molar-refractivity contribution in [2.75, 3.05) is 32.8 Å². The van der Waals surface area contributed by atoms with Crippen molar-refractivity contribution in [1.29, 1.82) is 0 Å². The fraction of sp³-hybridized carbons (Fsp3) is 0.650. The third kappa shape index (κ3) is 5.53. The largest absolute Gasteiger partial charge is 0.389 e. The molecule has 138 valence electrons. The average Bonchev–Trinajstić information content (AvgIpc) is 2.64. The molecule has 0 bridgehead atoms. The smallest absolute Gasteiger partial charge is 0.222 e. The maximum absolute atomic E-state index is 12.0. The standard InChI is InChI=1S/C20H30N2O3/c23-19(16-25-15-17-6-2-1-3-7-17)14-21-12-9-18(10-13-21)22-11-5-4-8-20(22)24/h1-3,6-7,18-19,23H,4-5,8-16H2. The summed E-state index contributed by atoms with van der Waals surface area (Å²) < 4.78 is 5.62. The summed E-state index contributed by atoms with van der Waals surface area (Å²) in [5.74, 6) is 0.332. The predicted molar refractivity (Wildman–Crippen MR) is 97.1 cm³/mol. The van der Waals surface area contributed by atoms with Crippen molar-refractivity contribution in [2.45, 2.75) is 50.9 Å². The van der Waals surface area contributed by atoms with Crippen molar-refractivity contribution in [2.24, 2.45) is 0 Å². The number of aliphatic hydroxyl groups excluding tert-OH is 1. The van der Waals surface area contributed by atoms with E-state index in [0.29, 0.717) is 31.7 Å². The molecule has 25 heavy (non-hydrogen) atoms. The quantitative estimate of drug-likeness (QED) is 0.821. The number of rotatable bonds is 7. The van der Waals surface area contributed by atoms with Gasteiger partial charge in [-0.3, -0.25) is 4.79 Å². The molecule has 5 heteroatoms. The fourth-order valence-corrected chi connectivity index (χ4v) is 3.86. The molecule has 1 unspecified atom stereocenters. The lowest BCUT2D eigenvalue weighted by Gasteiger charge is -2.40. The van der Waals surface area contributed by atoms with Crippen molar-refractivity contribution < 1.29 is 14.6 Å². The molecule has 5 nitrogen and oxygen atoms in total. The minimum Gasteiger partial charge on any atom is -0.389 e. The lowest BCUT2D eigenvalue weighted by molar-refractivity contribution is -0.136. The zero-order valence-electron chi connectivity index (χ0n) is 15.0. The minimum atomic E-state index is -0.461. The van der Waals surface area contributed by atoms with Gasteiger partial charge in [0.1, 0.15) is 0 Å². The van der Waals surface area contributed by atoms with E-state index in [1.807, 2.05) is 30.3 Å². The van der Waals surface area contributed by atoms with Gasteiger partial charge in [0, 0.05) is 38.6 Å². The van der Waals surface area contributed by atoms with E-state index in [1.165, 1.54) is 0 Å². The highest BCUT2D eigenvalue weighted by molar-refractivity contribution is 5.77. The fourth-order valence-electron chi connectivity index (χ4n) is 3.86. The molecular formula is C20H30N2O3. The molecule has 0 saturated carbocycles. The van der Waals surface area contributed by atoms with Gasteiger partial charge in [-0.25, -0.2) is 0 Å². The van der Waals surface area contributed by atoms with E-state index in [9.17, 15) is 9.90 Å². The van der Waals surface area contributed by atoms with E-state index < -0.39 is 6.10 Å². The molecule has 1 aromatic rings. The number of carbonyl (C=O) groups excluding carboxylic acids is 1. The summed E-state index contributed by atoms with van der Waals surface area (Å²) in [6.07, 6.45) is 4.48. The van der Waals surface area contributed by atoms with E-state index in [1.54, 1.807) is 0 Å². The van der Waals surface area contributed by atoms with Gasteiger partial charge in [0.2, 0.25) is 5.91 Å². The van der Waals surface area contributed by atoms with Gasteiger partial charge in [0.25, 0.3) is 0 Å². The van der Waals surface area contributed by atoms with Crippen LogP contribution in [0.3, 0.4) is 0 Å². The number of carbonyl (C=O) groups is 1. The molecule has 2 heterocycles. The lowest BCUT2D eigenvalue weighted by atomic mass is 9.99. The van der Waals surface area contributed by atoms with Gasteiger partial charge in [-0.05, 0) is 31.2 Å². The van der Waals surface area contributed by atoms with Gasteiger partial charge < -0.3 is 19.6 Å². The number of aliphatic hydroxyl groups is 1. The van der Waals surface area contributed by atoms with Crippen LogP contribution in [0.5, 0.6) is 0 Å². The molecule has 0 aliphatic carbocycles. The van der Waals surface area contributed by atoms with Gasteiger partial charge in [0.05, 0.1) is 19.3 Å². The van der Waals surface area contributed by atoms with Crippen LogP contribution in [-0.4, -0.2) is 65.7 Å². The number of hydrogen-bond acceptors (Lipinski definition) is 4. The van der Waals surface area contributed by atoms with Crippen LogP contribution in [0.25, 0.3) is 0 Å². The Labute approximate surface area is 150 Å². The normalized spacial score (nSPS) is 21.5. The van der Waals surface area contributed by atoms with E-state index in [-0.39, 0.29) is 0 Å². The first-order chi connectivity index (χ1) is 12.2. The molecule has 2 saturated heterocycles. The lowest BCUT2D eigenvalue weighted by Crippen LogP contribution is -2.50. The summed E-state index contributed by atoms with van der Waals surface area (Å²) in [5.41, 5.74) is 1.13. The summed E-state index contributed by atoms with van der Waals surface area (Å²) in [5, 5.41) is 10.2. The molecule has 1 N–H and O–H groups in total. The van der Waals surface area contributed by atoms with Crippen LogP contribution in [0.1, 0.15) is 37.7 Å². The molecular weight excluding hydrogens is 316 g/mol. The maximum Gasteiger partial charge on any atom is 0.222 e. The number of likely N-dealkylation sites (tertiary alicyclic amines) is 2. The van der Waals surface area contributed by atoms with E-state index >= 15 is 0 Å². The average molecular weight is 346 g/mol. The van der Waals surface area contributed by atoms with Crippen LogP contribution in [0.15, 0.2) is 30.3 Å². The maximum atomic E-state index is 12.0. The summed E-state index contributed by atoms with van der Waals surface area (Å²) in [6.45, 7) is 4.37. The summed E-state index contributed by atoms with van der Waals surface area (Å²) >= 11 is 0. The first kappa shape index (κ1) is 18.4. The Morgan fingerprint density at radius 3 is 2.60 bits per heavy atom. The molecule has 3 rings (SSSR count). The Kier molecular flexibility index (Phi) is 6.84. The molecule has 1 aromatic carbocycles. The zero-order chi connectivity index (χ0) is 17.5. The molecule has 2 fully saturated rings. The van der Waals surface area contributed by atoms with Crippen LogP contribution in [-0.2, 0) is 16.1 Å². The summed E-state index contributed by atoms with van der Waals surface area (Å²) in [7, 11) is 0. The number of benzene rings is 1. The molecule has 2 aliphatic heterocycles. The van der Waals surface area contributed by atoms with E-state index in [2.05, 4.69) is 9.80 Å². The van der Waals surface area contributed by atoms with E-state index in [4.69, 9.17) is 4.74 Å². The van der Waals surface area contributed by atoms with Gasteiger partial charge in [-0.1, -0.05) is 30.3 Å². The van der Waals surface area contributed by atoms with Crippen molar-refractivity contribution in [3.05, 3.63) is 35.9 Å². The number of ether oxygens (including phenoxy) is 1. The van der Waals surface area contributed by atoms with Gasteiger partial charge in [0.15, 0.2) is 0 Å². The number of β-amino-alcohol motifs (C(OH)–C–C–N with tert-alkyl or cyclic N) is 1.